The maximum atomic E-state index is 12.2. The van der Waals surface area contributed by atoms with E-state index in [2.05, 4.69) is 22.0 Å². The smallest absolute Gasteiger partial charge is 0.254 e. The Morgan fingerprint density at radius 1 is 1.37 bits per heavy atom. The van der Waals surface area contributed by atoms with Crippen molar-refractivity contribution in [2.24, 2.45) is 0 Å². The zero-order valence-corrected chi connectivity index (χ0v) is 11.9. The van der Waals surface area contributed by atoms with Gasteiger partial charge in [0.15, 0.2) is 0 Å². The van der Waals surface area contributed by atoms with Crippen molar-refractivity contribution in [3.05, 3.63) is 28.2 Å². The molecule has 1 aliphatic rings. The highest BCUT2D eigenvalue weighted by molar-refractivity contribution is 9.10. The lowest BCUT2D eigenvalue weighted by molar-refractivity contribution is 0.0651. The summed E-state index contributed by atoms with van der Waals surface area (Å²) in [5.74, 6) is -0.0200. The van der Waals surface area contributed by atoms with Gasteiger partial charge in [0.05, 0.1) is 17.1 Å². The van der Waals surface area contributed by atoms with Crippen LogP contribution in [0.25, 0.3) is 0 Å². The number of carbonyl (C=O) groups excluding carboxylic acids is 1. The van der Waals surface area contributed by atoms with Crippen molar-refractivity contribution < 1.29 is 9.90 Å². The van der Waals surface area contributed by atoms with Gasteiger partial charge in [-0.2, -0.15) is 5.26 Å². The van der Waals surface area contributed by atoms with Crippen LogP contribution in [0.2, 0.25) is 0 Å². The van der Waals surface area contributed by atoms with E-state index in [-0.39, 0.29) is 11.7 Å². The highest BCUT2D eigenvalue weighted by Gasteiger charge is 2.22. The van der Waals surface area contributed by atoms with Gasteiger partial charge in [0.2, 0.25) is 0 Å². The molecule has 1 aromatic rings. The number of benzene rings is 1. The molecule has 0 spiro atoms. The Labute approximate surface area is 120 Å². The predicted molar refractivity (Wildman–Crippen MR) is 73.8 cm³/mol. The van der Waals surface area contributed by atoms with Crippen molar-refractivity contribution in [2.75, 3.05) is 32.7 Å². The summed E-state index contributed by atoms with van der Waals surface area (Å²) in [5, 5.41) is 18.2. The molecule has 0 aromatic heterocycles. The Morgan fingerprint density at radius 3 is 2.63 bits per heavy atom. The molecule has 100 valence electrons. The third-order valence-corrected chi connectivity index (χ3v) is 3.82. The van der Waals surface area contributed by atoms with Crippen molar-refractivity contribution in [1.29, 1.82) is 5.26 Å². The van der Waals surface area contributed by atoms with Gasteiger partial charge in [0, 0.05) is 31.7 Å². The van der Waals surface area contributed by atoms with Gasteiger partial charge in [0.25, 0.3) is 5.91 Å². The number of amides is 1. The lowest BCUT2D eigenvalue weighted by Gasteiger charge is -2.33. The van der Waals surface area contributed by atoms with Crippen LogP contribution in [0.15, 0.2) is 22.7 Å². The van der Waals surface area contributed by atoms with Crippen LogP contribution in [0.1, 0.15) is 10.4 Å². The number of nitrogens with zero attached hydrogens (tertiary/aromatic N) is 3. The van der Waals surface area contributed by atoms with Crippen molar-refractivity contribution in [2.45, 2.75) is 0 Å². The average molecular weight is 324 g/mol. The van der Waals surface area contributed by atoms with Crippen LogP contribution >= 0.6 is 15.9 Å². The van der Waals surface area contributed by atoms with Crippen LogP contribution in [-0.2, 0) is 0 Å². The molecule has 1 heterocycles. The van der Waals surface area contributed by atoms with Crippen LogP contribution < -0.4 is 0 Å². The molecule has 0 unspecified atom stereocenters. The number of carbonyl (C=O) groups is 1. The first-order chi connectivity index (χ1) is 9.11. The van der Waals surface area contributed by atoms with Crippen molar-refractivity contribution in [3.8, 4) is 11.8 Å². The van der Waals surface area contributed by atoms with E-state index in [0.717, 1.165) is 0 Å². The molecule has 1 fully saturated rings. The minimum Gasteiger partial charge on any atom is -0.507 e. The Hall–Kier alpha value is -1.58. The van der Waals surface area contributed by atoms with Crippen molar-refractivity contribution >= 4 is 21.8 Å². The molecule has 0 aliphatic carbocycles. The maximum Gasteiger partial charge on any atom is 0.254 e. The monoisotopic (exact) mass is 323 g/mol. The molecule has 0 bridgehead atoms. The summed E-state index contributed by atoms with van der Waals surface area (Å²) in [7, 11) is 0. The van der Waals surface area contributed by atoms with E-state index in [0.29, 0.717) is 42.8 Å². The Morgan fingerprint density at radius 2 is 2.05 bits per heavy atom. The summed E-state index contributed by atoms with van der Waals surface area (Å²) in [6, 6.07) is 6.93. The fourth-order valence-corrected chi connectivity index (χ4v) is 2.28. The standard InChI is InChI=1S/C13H14BrN3O2/c14-11-2-1-10(9-12(11)18)13(19)17-7-5-16(4-3-15)6-8-17/h1-2,9,18H,4-8H2. The quantitative estimate of drug-likeness (QED) is 0.836. The molecule has 6 heteroatoms. The zero-order valence-electron chi connectivity index (χ0n) is 10.3. The summed E-state index contributed by atoms with van der Waals surface area (Å²) < 4.78 is 0.572. The number of phenolic OH excluding ortho intramolecular Hbond substituents is 1. The number of aromatic hydroxyl groups is 1. The van der Waals surface area contributed by atoms with Crippen molar-refractivity contribution in [3.63, 3.8) is 0 Å². The first-order valence-corrected chi connectivity index (χ1v) is 6.78. The van der Waals surface area contributed by atoms with E-state index in [1.54, 1.807) is 17.0 Å². The normalized spacial score (nSPS) is 16.1. The van der Waals surface area contributed by atoms with Gasteiger partial charge in [-0.05, 0) is 34.1 Å². The second kappa shape index (κ2) is 6.04. The number of phenols is 1. The van der Waals surface area contributed by atoms with E-state index in [9.17, 15) is 9.90 Å². The number of nitriles is 1. The van der Waals surface area contributed by atoms with Crippen molar-refractivity contribution in [1.82, 2.24) is 9.80 Å². The van der Waals surface area contributed by atoms with Crippen LogP contribution in [0.3, 0.4) is 0 Å². The molecule has 1 amide bonds. The lowest BCUT2D eigenvalue weighted by atomic mass is 10.1. The summed E-state index contributed by atoms with van der Waals surface area (Å²) in [4.78, 5) is 16.0. The number of hydrogen-bond acceptors (Lipinski definition) is 4. The molecule has 19 heavy (non-hydrogen) atoms. The SMILES string of the molecule is N#CCN1CCN(C(=O)c2ccc(Br)c(O)c2)CC1. The van der Waals surface area contributed by atoms with E-state index < -0.39 is 0 Å². The van der Waals surface area contributed by atoms with Gasteiger partial charge in [-0.1, -0.05) is 0 Å². The number of hydrogen-bond donors (Lipinski definition) is 1. The minimum atomic E-state index is -0.0839. The highest BCUT2D eigenvalue weighted by atomic mass is 79.9. The molecular formula is C13H14BrN3O2. The molecule has 1 aromatic carbocycles. The first-order valence-electron chi connectivity index (χ1n) is 5.99. The minimum absolute atomic E-state index is 0.0639. The summed E-state index contributed by atoms with van der Waals surface area (Å²) in [5.41, 5.74) is 0.481. The Bertz CT molecular complexity index is 519. The summed E-state index contributed by atoms with van der Waals surface area (Å²) >= 11 is 3.19. The number of halogens is 1. The molecule has 2 rings (SSSR count). The molecular weight excluding hydrogens is 310 g/mol. The molecule has 1 N–H and O–H groups in total. The number of piperazine rings is 1. The summed E-state index contributed by atoms with van der Waals surface area (Å²) in [6.07, 6.45) is 0. The zero-order chi connectivity index (χ0) is 13.8. The largest absolute Gasteiger partial charge is 0.507 e. The number of rotatable bonds is 2. The van der Waals surface area contributed by atoms with Gasteiger partial charge in [0.1, 0.15) is 5.75 Å². The highest BCUT2D eigenvalue weighted by Crippen LogP contribution is 2.25. The van der Waals surface area contributed by atoms with E-state index >= 15 is 0 Å². The third-order valence-electron chi connectivity index (χ3n) is 3.15. The molecule has 1 aliphatic heterocycles. The van der Waals surface area contributed by atoms with Gasteiger partial charge in [-0.3, -0.25) is 9.69 Å². The molecule has 0 atom stereocenters. The molecule has 0 radical (unpaired) electrons. The summed E-state index contributed by atoms with van der Waals surface area (Å²) in [6.45, 7) is 3.04. The fraction of sp³-hybridized carbons (Fsp3) is 0.385. The third kappa shape index (κ3) is 3.25. The van der Waals surface area contributed by atoms with Gasteiger partial charge < -0.3 is 10.0 Å². The maximum absolute atomic E-state index is 12.2. The van der Waals surface area contributed by atoms with E-state index in [1.807, 2.05) is 4.90 Å². The van der Waals surface area contributed by atoms with E-state index in [1.165, 1.54) is 6.07 Å². The average Bonchev–Trinajstić information content (AvgIpc) is 2.42. The van der Waals surface area contributed by atoms with E-state index in [4.69, 9.17) is 5.26 Å². The van der Waals surface area contributed by atoms with Crippen LogP contribution in [-0.4, -0.2) is 53.5 Å². The second-order valence-corrected chi connectivity index (χ2v) is 5.25. The fourth-order valence-electron chi connectivity index (χ4n) is 2.04. The molecule has 5 nitrogen and oxygen atoms in total. The Balaban J connectivity index is 2.01. The van der Waals surface area contributed by atoms with Crippen LogP contribution in [0, 0.1) is 11.3 Å². The predicted octanol–water partition coefficient (Wildman–Crippen LogP) is 1.44. The van der Waals surface area contributed by atoms with Crippen LogP contribution in [0.5, 0.6) is 5.75 Å². The molecule has 1 saturated heterocycles. The first kappa shape index (κ1) is 13.8. The van der Waals surface area contributed by atoms with Gasteiger partial charge in [-0.25, -0.2) is 0 Å². The molecule has 0 saturated carbocycles. The van der Waals surface area contributed by atoms with Gasteiger partial charge >= 0.3 is 0 Å². The second-order valence-electron chi connectivity index (χ2n) is 4.39. The lowest BCUT2D eigenvalue weighted by Crippen LogP contribution is -2.48. The topological polar surface area (TPSA) is 67.6 Å². The van der Waals surface area contributed by atoms with Crippen LogP contribution in [0.4, 0.5) is 0 Å². The Kier molecular flexibility index (Phi) is 4.40. The van der Waals surface area contributed by atoms with Gasteiger partial charge in [-0.15, -0.1) is 0 Å².